The topological polar surface area (TPSA) is 26.3 Å². The van der Waals surface area contributed by atoms with E-state index in [1.54, 1.807) is 12.1 Å². The summed E-state index contributed by atoms with van der Waals surface area (Å²) >= 11 is 7.09. The molecule has 0 atom stereocenters. The molecule has 0 bridgehead atoms. The first kappa shape index (κ1) is 12.3. The van der Waals surface area contributed by atoms with Crippen LogP contribution >= 0.6 is 22.9 Å². The van der Waals surface area contributed by atoms with Crippen LogP contribution in [0.2, 0.25) is 4.34 Å². The molecule has 0 aromatic carbocycles. The minimum atomic E-state index is -0.362. The molecule has 0 spiro atoms. The van der Waals surface area contributed by atoms with Crippen LogP contribution < -0.4 is 0 Å². The van der Waals surface area contributed by atoms with Crippen LogP contribution in [0, 0.1) is 0 Å². The maximum atomic E-state index is 10.7. The van der Waals surface area contributed by atoms with Crippen molar-refractivity contribution in [3.05, 3.63) is 27.4 Å². The molecule has 1 fully saturated rings. The fraction of sp³-hybridized carbons (Fsp3) is 0.364. The van der Waals surface area contributed by atoms with Gasteiger partial charge in [-0.1, -0.05) is 30.9 Å². The van der Waals surface area contributed by atoms with Gasteiger partial charge in [-0.25, -0.2) is 4.79 Å². The van der Waals surface area contributed by atoms with Crippen molar-refractivity contribution in [2.24, 2.45) is 0 Å². The van der Waals surface area contributed by atoms with Gasteiger partial charge in [0.05, 0.1) is 11.4 Å². The molecule has 0 aliphatic heterocycles. The molecule has 1 heterocycles. The predicted molar refractivity (Wildman–Crippen MR) is 64.2 cm³/mol. The van der Waals surface area contributed by atoms with Gasteiger partial charge < -0.3 is 4.74 Å². The Balaban J connectivity index is 0.000000319. The van der Waals surface area contributed by atoms with E-state index in [0.29, 0.717) is 4.34 Å². The normalized spacial score (nSPS) is 13.2. The zero-order chi connectivity index (χ0) is 11.1. The molecule has 1 saturated carbocycles. The monoisotopic (exact) mass is 244 g/mol. The molecule has 0 amide bonds. The summed E-state index contributed by atoms with van der Waals surface area (Å²) < 4.78 is 5.13. The van der Waals surface area contributed by atoms with Crippen molar-refractivity contribution in [3.63, 3.8) is 0 Å². The van der Waals surface area contributed by atoms with Crippen LogP contribution in [0.4, 0.5) is 0 Å². The van der Waals surface area contributed by atoms with Gasteiger partial charge in [-0.05, 0) is 18.2 Å². The second-order valence-electron chi connectivity index (χ2n) is 3.06. The van der Waals surface area contributed by atoms with Crippen LogP contribution in [0.1, 0.15) is 24.1 Å². The van der Waals surface area contributed by atoms with Gasteiger partial charge in [0.2, 0.25) is 0 Å². The zero-order valence-electron chi connectivity index (χ0n) is 8.53. The summed E-state index contributed by atoms with van der Waals surface area (Å²) in [5.41, 5.74) is 0. The highest BCUT2D eigenvalue weighted by Gasteiger charge is 1.95. The van der Waals surface area contributed by atoms with Gasteiger partial charge in [-0.2, -0.15) is 0 Å². The number of hydrogen-bond acceptors (Lipinski definition) is 3. The average molecular weight is 245 g/mol. The molecule has 0 saturated heterocycles. The molecule has 4 heteroatoms. The Kier molecular flexibility index (Phi) is 5.43. The third-order valence-electron chi connectivity index (χ3n) is 1.53. The van der Waals surface area contributed by atoms with Gasteiger partial charge in [0.15, 0.2) is 0 Å². The summed E-state index contributed by atoms with van der Waals surface area (Å²) in [6, 6.07) is 3.62. The van der Waals surface area contributed by atoms with Gasteiger partial charge in [0.1, 0.15) is 0 Å². The summed E-state index contributed by atoms with van der Waals surface area (Å²) in [4.78, 5) is 11.6. The van der Waals surface area contributed by atoms with Crippen LogP contribution in [-0.2, 0) is 9.53 Å². The SMILES string of the molecule is C1CC1.COC(=O)C=Cc1ccc(Cl)s1. The highest BCUT2D eigenvalue weighted by atomic mass is 35.5. The zero-order valence-corrected chi connectivity index (χ0v) is 10.1. The average Bonchev–Trinajstić information content (AvgIpc) is 3.05. The second kappa shape index (κ2) is 6.64. The Bertz CT molecular complexity index is 339. The Morgan fingerprint density at radius 1 is 1.47 bits per heavy atom. The van der Waals surface area contributed by atoms with E-state index in [9.17, 15) is 4.79 Å². The second-order valence-corrected chi connectivity index (χ2v) is 4.81. The summed E-state index contributed by atoms with van der Waals surface area (Å²) in [5, 5.41) is 0. The number of carbonyl (C=O) groups is 1. The molecule has 2 nitrogen and oxygen atoms in total. The standard InChI is InChI=1S/C8H7ClO2S.C3H6/c1-11-8(10)5-3-6-2-4-7(9)12-6;1-2-3-1/h2-5H,1H3;1-3H2. The van der Waals surface area contributed by atoms with E-state index in [1.165, 1.54) is 43.8 Å². The van der Waals surface area contributed by atoms with E-state index < -0.39 is 0 Å². The first-order chi connectivity index (χ1) is 7.22. The lowest BCUT2D eigenvalue weighted by Crippen LogP contribution is -1.92. The first-order valence-electron chi connectivity index (χ1n) is 4.74. The summed E-state index contributed by atoms with van der Waals surface area (Å²) in [6.07, 6.45) is 7.53. The molecular weight excluding hydrogens is 232 g/mol. The molecule has 0 N–H and O–H groups in total. The van der Waals surface area contributed by atoms with E-state index >= 15 is 0 Å². The van der Waals surface area contributed by atoms with E-state index in [4.69, 9.17) is 11.6 Å². The van der Waals surface area contributed by atoms with Gasteiger partial charge in [0.25, 0.3) is 0 Å². The number of halogens is 1. The molecule has 1 aromatic heterocycles. The molecule has 2 rings (SSSR count). The number of hydrogen-bond donors (Lipinski definition) is 0. The molecule has 15 heavy (non-hydrogen) atoms. The summed E-state index contributed by atoms with van der Waals surface area (Å²) in [7, 11) is 1.34. The molecule has 1 aliphatic carbocycles. The Morgan fingerprint density at radius 2 is 2.13 bits per heavy atom. The largest absolute Gasteiger partial charge is 0.466 e. The van der Waals surface area contributed by atoms with Gasteiger partial charge in [-0.3, -0.25) is 0 Å². The van der Waals surface area contributed by atoms with Crippen molar-refractivity contribution in [1.29, 1.82) is 0 Å². The Morgan fingerprint density at radius 3 is 2.53 bits per heavy atom. The van der Waals surface area contributed by atoms with Gasteiger partial charge in [-0.15, -0.1) is 11.3 Å². The predicted octanol–water partition coefficient (Wildman–Crippen LogP) is 3.76. The van der Waals surface area contributed by atoms with Crippen molar-refractivity contribution < 1.29 is 9.53 Å². The fourth-order valence-electron chi connectivity index (χ4n) is 0.636. The fourth-order valence-corrected chi connectivity index (χ4v) is 1.60. The van der Waals surface area contributed by atoms with Crippen molar-refractivity contribution >= 4 is 35.0 Å². The van der Waals surface area contributed by atoms with Crippen LogP contribution in [0.5, 0.6) is 0 Å². The lowest BCUT2D eigenvalue weighted by Gasteiger charge is -1.87. The molecular formula is C11H13ClO2S. The maximum Gasteiger partial charge on any atom is 0.330 e. The smallest absolute Gasteiger partial charge is 0.330 e. The minimum absolute atomic E-state index is 0.362. The lowest BCUT2D eigenvalue weighted by molar-refractivity contribution is -0.134. The number of esters is 1. The van der Waals surface area contributed by atoms with E-state index in [0.717, 1.165) is 4.88 Å². The molecule has 1 aliphatic rings. The number of methoxy groups -OCH3 is 1. The van der Waals surface area contributed by atoms with Crippen LogP contribution in [0.15, 0.2) is 18.2 Å². The van der Waals surface area contributed by atoms with Crippen molar-refractivity contribution in [2.45, 2.75) is 19.3 Å². The van der Waals surface area contributed by atoms with E-state index in [2.05, 4.69) is 4.74 Å². The molecule has 1 aromatic rings. The number of thiophene rings is 1. The Hall–Kier alpha value is -0.800. The molecule has 82 valence electrons. The number of ether oxygens (including phenoxy) is 1. The van der Waals surface area contributed by atoms with E-state index in [-0.39, 0.29) is 5.97 Å². The lowest BCUT2D eigenvalue weighted by atomic mass is 10.4. The summed E-state index contributed by atoms with van der Waals surface area (Å²) in [6.45, 7) is 0. The van der Waals surface area contributed by atoms with Crippen molar-refractivity contribution in [2.75, 3.05) is 7.11 Å². The minimum Gasteiger partial charge on any atom is -0.466 e. The van der Waals surface area contributed by atoms with Crippen LogP contribution in [0.25, 0.3) is 6.08 Å². The van der Waals surface area contributed by atoms with Crippen molar-refractivity contribution in [1.82, 2.24) is 0 Å². The Labute approximate surface area is 98.5 Å². The molecule has 0 radical (unpaired) electrons. The number of rotatable bonds is 2. The van der Waals surface area contributed by atoms with Crippen LogP contribution in [-0.4, -0.2) is 13.1 Å². The quantitative estimate of drug-likeness (QED) is 0.585. The maximum absolute atomic E-state index is 10.7. The van der Waals surface area contributed by atoms with Gasteiger partial charge in [0, 0.05) is 11.0 Å². The highest BCUT2D eigenvalue weighted by Crippen LogP contribution is 2.22. The van der Waals surface area contributed by atoms with Gasteiger partial charge >= 0.3 is 5.97 Å². The van der Waals surface area contributed by atoms with E-state index in [1.807, 2.05) is 6.07 Å². The third kappa shape index (κ3) is 6.31. The first-order valence-corrected chi connectivity index (χ1v) is 5.93. The number of carbonyl (C=O) groups excluding carboxylic acids is 1. The molecule has 0 unspecified atom stereocenters. The third-order valence-corrected chi connectivity index (χ3v) is 2.73. The van der Waals surface area contributed by atoms with Crippen LogP contribution in [0.3, 0.4) is 0 Å². The highest BCUT2D eigenvalue weighted by molar-refractivity contribution is 7.17. The summed E-state index contributed by atoms with van der Waals surface area (Å²) in [5.74, 6) is -0.362. The van der Waals surface area contributed by atoms with Crippen molar-refractivity contribution in [3.8, 4) is 0 Å².